The van der Waals surface area contributed by atoms with E-state index in [1.807, 2.05) is 0 Å². The predicted octanol–water partition coefficient (Wildman–Crippen LogP) is 2.60. The van der Waals surface area contributed by atoms with Gasteiger partial charge in [-0.2, -0.15) is 0 Å². The third kappa shape index (κ3) is 2.28. The molecule has 2 N–H and O–H groups in total. The van der Waals surface area contributed by atoms with Crippen LogP contribution in [0, 0.1) is 0 Å². The number of nitrogens with two attached hydrogens (primary N) is 1. The fraction of sp³-hybridized carbons (Fsp3) is 0.571. The number of hydrogen-bond acceptors (Lipinski definition) is 2. The quantitative estimate of drug-likeness (QED) is 0.773. The molecule has 1 aromatic carbocycles. The van der Waals surface area contributed by atoms with E-state index in [9.17, 15) is 0 Å². The van der Waals surface area contributed by atoms with Gasteiger partial charge in [0.2, 0.25) is 0 Å². The molecule has 88 valence electrons. The van der Waals surface area contributed by atoms with Crippen molar-refractivity contribution >= 4 is 0 Å². The van der Waals surface area contributed by atoms with Gasteiger partial charge in [-0.3, -0.25) is 0 Å². The fourth-order valence-corrected chi connectivity index (χ4v) is 2.48. The summed E-state index contributed by atoms with van der Waals surface area (Å²) in [5.41, 5.74) is 9.07. The second-order valence-electron chi connectivity index (χ2n) is 4.68. The van der Waals surface area contributed by atoms with Gasteiger partial charge in [0.1, 0.15) is 0 Å². The molecule has 0 amide bonds. The molecule has 0 radical (unpaired) electrons. The van der Waals surface area contributed by atoms with Crippen LogP contribution >= 0.6 is 0 Å². The van der Waals surface area contributed by atoms with Crippen molar-refractivity contribution in [1.82, 2.24) is 0 Å². The molecule has 0 heterocycles. The Balaban J connectivity index is 1.99. The summed E-state index contributed by atoms with van der Waals surface area (Å²) in [5.74, 6) is 0. The van der Waals surface area contributed by atoms with Crippen LogP contribution in [0.2, 0.25) is 0 Å². The third-order valence-electron chi connectivity index (χ3n) is 3.44. The summed E-state index contributed by atoms with van der Waals surface area (Å²) < 4.78 is 5.54. The SMILES string of the molecule is CCCOCCC1(N)CCc2ccccc21. The molecule has 2 heteroatoms. The molecule has 1 aliphatic rings. The lowest BCUT2D eigenvalue weighted by molar-refractivity contribution is 0.114. The van der Waals surface area contributed by atoms with Crippen LogP contribution in [0.4, 0.5) is 0 Å². The van der Waals surface area contributed by atoms with E-state index in [0.29, 0.717) is 0 Å². The highest BCUT2D eigenvalue weighted by atomic mass is 16.5. The maximum absolute atomic E-state index is 6.47. The summed E-state index contributed by atoms with van der Waals surface area (Å²) in [5, 5.41) is 0. The number of benzene rings is 1. The fourth-order valence-electron chi connectivity index (χ4n) is 2.48. The van der Waals surface area contributed by atoms with Crippen molar-refractivity contribution in [3.05, 3.63) is 35.4 Å². The van der Waals surface area contributed by atoms with Gasteiger partial charge in [-0.25, -0.2) is 0 Å². The van der Waals surface area contributed by atoms with Crippen molar-refractivity contribution in [3.63, 3.8) is 0 Å². The van der Waals surface area contributed by atoms with Gasteiger partial charge in [0.15, 0.2) is 0 Å². The van der Waals surface area contributed by atoms with E-state index in [4.69, 9.17) is 10.5 Å². The minimum absolute atomic E-state index is 0.148. The van der Waals surface area contributed by atoms with Crippen LogP contribution in [-0.4, -0.2) is 13.2 Å². The Kier molecular flexibility index (Phi) is 3.62. The van der Waals surface area contributed by atoms with Crippen LogP contribution in [0.5, 0.6) is 0 Å². The Bertz CT molecular complexity index is 350. The zero-order chi connectivity index (χ0) is 11.4. The first-order valence-corrected chi connectivity index (χ1v) is 6.21. The van der Waals surface area contributed by atoms with E-state index in [0.717, 1.165) is 38.9 Å². The van der Waals surface area contributed by atoms with E-state index < -0.39 is 0 Å². The summed E-state index contributed by atoms with van der Waals surface area (Å²) >= 11 is 0. The highest BCUT2D eigenvalue weighted by molar-refractivity contribution is 5.38. The first-order chi connectivity index (χ1) is 7.76. The molecule has 0 saturated heterocycles. The van der Waals surface area contributed by atoms with Crippen LogP contribution < -0.4 is 5.73 Å². The molecule has 2 nitrogen and oxygen atoms in total. The summed E-state index contributed by atoms with van der Waals surface area (Å²) in [6, 6.07) is 8.54. The molecule has 1 aromatic rings. The van der Waals surface area contributed by atoms with Crippen LogP contribution in [0.1, 0.15) is 37.3 Å². The van der Waals surface area contributed by atoms with E-state index >= 15 is 0 Å². The second kappa shape index (κ2) is 4.98. The van der Waals surface area contributed by atoms with Gasteiger partial charge in [0, 0.05) is 18.8 Å². The van der Waals surface area contributed by atoms with Gasteiger partial charge in [-0.05, 0) is 36.8 Å². The van der Waals surface area contributed by atoms with E-state index in [-0.39, 0.29) is 5.54 Å². The number of aryl methyl sites for hydroxylation is 1. The van der Waals surface area contributed by atoms with Crippen LogP contribution in [-0.2, 0) is 16.7 Å². The van der Waals surface area contributed by atoms with Gasteiger partial charge in [0.05, 0.1) is 0 Å². The summed E-state index contributed by atoms with van der Waals surface area (Å²) in [4.78, 5) is 0. The van der Waals surface area contributed by atoms with E-state index in [1.54, 1.807) is 0 Å². The van der Waals surface area contributed by atoms with Crippen molar-refractivity contribution in [2.75, 3.05) is 13.2 Å². The number of fused-ring (bicyclic) bond motifs is 1. The summed E-state index contributed by atoms with van der Waals surface area (Å²) in [6.07, 6.45) is 4.18. The van der Waals surface area contributed by atoms with Crippen LogP contribution in [0.15, 0.2) is 24.3 Å². The Morgan fingerprint density at radius 3 is 2.94 bits per heavy atom. The lowest BCUT2D eigenvalue weighted by atomic mass is 9.90. The molecule has 1 aliphatic carbocycles. The average Bonchev–Trinajstić information content (AvgIpc) is 2.64. The van der Waals surface area contributed by atoms with Gasteiger partial charge in [-0.1, -0.05) is 31.2 Å². The minimum atomic E-state index is -0.148. The van der Waals surface area contributed by atoms with Crippen molar-refractivity contribution in [2.45, 2.75) is 38.1 Å². The second-order valence-corrected chi connectivity index (χ2v) is 4.68. The highest BCUT2D eigenvalue weighted by Gasteiger charge is 2.33. The molecular formula is C14H21NO. The molecule has 0 aliphatic heterocycles. The average molecular weight is 219 g/mol. The van der Waals surface area contributed by atoms with E-state index in [1.165, 1.54) is 11.1 Å². The smallest absolute Gasteiger partial charge is 0.0486 e. The van der Waals surface area contributed by atoms with Gasteiger partial charge < -0.3 is 10.5 Å². The molecule has 1 atom stereocenters. The maximum atomic E-state index is 6.47. The predicted molar refractivity (Wildman–Crippen MR) is 66.4 cm³/mol. The standard InChI is InChI=1S/C14H21NO/c1-2-10-16-11-9-14(15)8-7-12-5-3-4-6-13(12)14/h3-6H,2,7-11,15H2,1H3. The third-order valence-corrected chi connectivity index (χ3v) is 3.44. The van der Waals surface area contributed by atoms with Crippen molar-refractivity contribution in [1.29, 1.82) is 0 Å². The molecule has 0 fully saturated rings. The maximum Gasteiger partial charge on any atom is 0.0486 e. The Hall–Kier alpha value is -0.860. The molecular weight excluding hydrogens is 198 g/mol. The number of hydrogen-bond donors (Lipinski definition) is 1. The number of rotatable bonds is 5. The molecule has 0 spiro atoms. The van der Waals surface area contributed by atoms with E-state index in [2.05, 4.69) is 31.2 Å². The Labute approximate surface area is 97.8 Å². The van der Waals surface area contributed by atoms with Gasteiger partial charge in [0.25, 0.3) is 0 Å². The van der Waals surface area contributed by atoms with Crippen molar-refractivity contribution in [3.8, 4) is 0 Å². The first kappa shape index (κ1) is 11.6. The van der Waals surface area contributed by atoms with Crippen molar-refractivity contribution < 1.29 is 4.74 Å². The lowest BCUT2D eigenvalue weighted by Crippen LogP contribution is -2.35. The van der Waals surface area contributed by atoms with Crippen molar-refractivity contribution in [2.24, 2.45) is 5.73 Å². The molecule has 0 saturated carbocycles. The Morgan fingerprint density at radius 2 is 2.12 bits per heavy atom. The molecule has 16 heavy (non-hydrogen) atoms. The van der Waals surface area contributed by atoms with Crippen LogP contribution in [0.3, 0.4) is 0 Å². The zero-order valence-electron chi connectivity index (χ0n) is 10.0. The minimum Gasteiger partial charge on any atom is -0.381 e. The first-order valence-electron chi connectivity index (χ1n) is 6.21. The molecule has 0 aromatic heterocycles. The number of ether oxygens (including phenoxy) is 1. The summed E-state index contributed by atoms with van der Waals surface area (Å²) in [7, 11) is 0. The monoisotopic (exact) mass is 219 g/mol. The Morgan fingerprint density at radius 1 is 1.31 bits per heavy atom. The molecule has 1 unspecified atom stereocenters. The van der Waals surface area contributed by atoms with Gasteiger partial charge >= 0.3 is 0 Å². The summed E-state index contributed by atoms with van der Waals surface area (Å²) in [6.45, 7) is 3.75. The molecule has 2 rings (SSSR count). The normalized spacial score (nSPS) is 23.4. The largest absolute Gasteiger partial charge is 0.381 e. The highest BCUT2D eigenvalue weighted by Crippen LogP contribution is 2.36. The zero-order valence-corrected chi connectivity index (χ0v) is 10.0. The molecule has 0 bridgehead atoms. The topological polar surface area (TPSA) is 35.2 Å². The lowest BCUT2D eigenvalue weighted by Gasteiger charge is -2.25. The van der Waals surface area contributed by atoms with Gasteiger partial charge in [-0.15, -0.1) is 0 Å². The van der Waals surface area contributed by atoms with Crippen LogP contribution in [0.25, 0.3) is 0 Å².